The van der Waals surface area contributed by atoms with Gasteiger partial charge in [-0.25, -0.2) is 12.9 Å². The van der Waals surface area contributed by atoms with Crippen LogP contribution in [0.15, 0.2) is 23.7 Å². The molecule has 0 amide bonds. The fourth-order valence-corrected chi connectivity index (χ4v) is 1.41. The minimum atomic E-state index is -3.86. The molecule has 0 aliphatic rings. The summed E-state index contributed by atoms with van der Waals surface area (Å²) in [6.45, 7) is 0. The van der Waals surface area contributed by atoms with Crippen LogP contribution in [0.5, 0.6) is 0 Å². The summed E-state index contributed by atoms with van der Waals surface area (Å²) >= 11 is 0. The van der Waals surface area contributed by atoms with Crippen molar-refractivity contribution in [2.45, 2.75) is 5.16 Å². The van der Waals surface area contributed by atoms with Crippen molar-refractivity contribution in [3.05, 3.63) is 18.6 Å². The highest BCUT2D eigenvalue weighted by atomic mass is 35.7. The first-order valence-electron chi connectivity index (χ1n) is 3.18. The van der Waals surface area contributed by atoms with E-state index < -0.39 is 14.2 Å². The van der Waals surface area contributed by atoms with Crippen molar-refractivity contribution < 1.29 is 8.42 Å². The Balaban J connectivity index is 2.77. The molecular weight excluding hydrogens is 216 g/mol. The lowest BCUT2D eigenvalue weighted by Crippen LogP contribution is -1.93. The lowest BCUT2D eigenvalue weighted by molar-refractivity contribution is 0.601. The Bertz CT molecular complexity index is 515. The van der Waals surface area contributed by atoms with Crippen molar-refractivity contribution >= 4 is 25.4 Å². The molecule has 0 aliphatic heterocycles. The molecular formula is C5H3ClN4O2S. The lowest BCUT2D eigenvalue weighted by Gasteiger charge is -1.84. The van der Waals surface area contributed by atoms with Gasteiger partial charge in [0, 0.05) is 23.1 Å². The smallest absolute Gasteiger partial charge is 0.259 e. The molecule has 0 atom stereocenters. The van der Waals surface area contributed by atoms with Gasteiger partial charge in [-0.3, -0.25) is 4.98 Å². The van der Waals surface area contributed by atoms with Gasteiger partial charge in [-0.15, -0.1) is 5.10 Å². The first-order chi connectivity index (χ1) is 6.07. The maximum Gasteiger partial charge on any atom is 0.298 e. The third-order valence-electron chi connectivity index (χ3n) is 1.34. The number of hydrogen-bond acceptors (Lipinski definition) is 5. The number of hydrogen-bond donors (Lipinski definition) is 0. The van der Waals surface area contributed by atoms with E-state index >= 15 is 0 Å². The van der Waals surface area contributed by atoms with E-state index in [-0.39, 0.29) is 0 Å². The molecule has 0 aliphatic carbocycles. The Morgan fingerprint density at radius 1 is 1.46 bits per heavy atom. The molecule has 0 bridgehead atoms. The molecule has 6 nitrogen and oxygen atoms in total. The normalized spacial score (nSPS) is 12.1. The SMILES string of the molecule is O=S(=O)(Cl)c1nc2cnccn2n1. The molecule has 2 heterocycles. The summed E-state index contributed by atoms with van der Waals surface area (Å²) < 4.78 is 22.9. The fraction of sp³-hybridized carbons (Fsp3) is 0. The van der Waals surface area contributed by atoms with Gasteiger partial charge in [0.05, 0.1) is 6.20 Å². The Kier molecular flexibility index (Phi) is 1.70. The second kappa shape index (κ2) is 2.64. The van der Waals surface area contributed by atoms with Crippen molar-refractivity contribution in [1.29, 1.82) is 0 Å². The maximum atomic E-state index is 10.8. The molecule has 0 fully saturated rings. The summed E-state index contributed by atoms with van der Waals surface area (Å²) in [6, 6.07) is 0. The highest BCUT2D eigenvalue weighted by Crippen LogP contribution is 2.09. The zero-order valence-corrected chi connectivity index (χ0v) is 7.70. The average molecular weight is 219 g/mol. The van der Waals surface area contributed by atoms with Crippen LogP contribution in [-0.4, -0.2) is 28.0 Å². The van der Waals surface area contributed by atoms with Crippen LogP contribution in [0, 0.1) is 0 Å². The van der Waals surface area contributed by atoms with Crippen molar-refractivity contribution in [2.75, 3.05) is 0 Å². The second-order valence-corrected chi connectivity index (χ2v) is 4.67. The quantitative estimate of drug-likeness (QED) is 0.632. The predicted molar refractivity (Wildman–Crippen MR) is 43.8 cm³/mol. The highest BCUT2D eigenvalue weighted by Gasteiger charge is 2.16. The van der Waals surface area contributed by atoms with E-state index in [9.17, 15) is 8.42 Å². The first-order valence-corrected chi connectivity index (χ1v) is 5.49. The molecule has 2 aromatic heterocycles. The number of nitrogens with zero attached hydrogens (tertiary/aromatic N) is 4. The van der Waals surface area contributed by atoms with Crippen LogP contribution in [0.3, 0.4) is 0 Å². The van der Waals surface area contributed by atoms with Crippen LogP contribution >= 0.6 is 10.7 Å². The van der Waals surface area contributed by atoms with Gasteiger partial charge in [-0.1, -0.05) is 0 Å². The number of rotatable bonds is 1. The van der Waals surface area contributed by atoms with Crippen LogP contribution in [0.2, 0.25) is 0 Å². The van der Waals surface area contributed by atoms with Gasteiger partial charge in [-0.05, 0) is 0 Å². The molecule has 0 radical (unpaired) electrons. The van der Waals surface area contributed by atoms with E-state index in [2.05, 4.69) is 15.1 Å². The van der Waals surface area contributed by atoms with Gasteiger partial charge in [0.25, 0.3) is 14.2 Å². The molecule has 0 spiro atoms. The Morgan fingerprint density at radius 3 is 2.85 bits per heavy atom. The van der Waals surface area contributed by atoms with Crippen molar-refractivity contribution in [2.24, 2.45) is 0 Å². The van der Waals surface area contributed by atoms with Crippen molar-refractivity contribution in [1.82, 2.24) is 19.6 Å². The fourth-order valence-electron chi connectivity index (χ4n) is 0.827. The Hall–Kier alpha value is -1.21. The Labute approximate surface area is 77.6 Å². The molecule has 2 rings (SSSR count). The molecule has 0 unspecified atom stereocenters. The number of halogens is 1. The summed E-state index contributed by atoms with van der Waals surface area (Å²) in [5.41, 5.74) is 0.335. The zero-order chi connectivity index (χ0) is 9.47. The third kappa shape index (κ3) is 1.47. The predicted octanol–water partition coefficient (Wildman–Crippen LogP) is 0.0518. The van der Waals surface area contributed by atoms with Crippen LogP contribution in [0.4, 0.5) is 0 Å². The monoisotopic (exact) mass is 218 g/mol. The van der Waals surface area contributed by atoms with Crippen molar-refractivity contribution in [3.8, 4) is 0 Å². The summed E-state index contributed by atoms with van der Waals surface area (Å²) in [6.07, 6.45) is 4.33. The largest absolute Gasteiger partial charge is 0.298 e. The van der Waals surface area contributed by atoms with Gasteiger partial charge in [0.15, 0.2) is 5.65 Å². The molecule has 0 N–H and O–H groups in total. The standard InChI is InChI=1S/C5H3ClN4O2S/c6-13(11,12)5-8-4-3-7-1-2-10(4)9-5/h1-3H. The molecule has 0 saturated heterocycles. The molecule has 0 aromatic carbocycles. The van der Waals surface area contributed by atoms with Gasteiger partial charge in [0.2, 0.25) is 0 Å². The maximum absolute atomic E-state index is 10.8. The van der Waals surface area contributed by atoms with Gasteiger partial charge in [-0.2, -0.15) is 4.98 Å². The summed E-state index contributed by atoms with van der Waals surface area (Å²) in [4.78, 5) is 7.40. The molecule has 0 saturated carbocycles. The van der Waals surface area contributed by atoms with Gasteiger partial charge >= 0.3 is 0 Å². The lowest BCUT2D eigenvalue weighted by atomic mass is 10.7. The van der Waals surface area contributed by atoms with Crippen LogP contribution in [0.25, 0.3) is 5.65 Å². The van der Waals surface area contributed by atoms with E-state index in [0.717, 1.165) is 0 Å². The van der Waals surface area contributed by atoms with Gasteiger partial charge in [0.1, 0.15) is 0 Å². The van der Waals surface area contributed by atoms with Crippen LogP contribution in [0.1, 0.15) is 0 Å². The topological polar surface area (TPSA) is 77.2 Å². The number of fused-ring (bicyclic) bond motifs is 1. The van der Waals surface area contributed by atoms with Crippen LogP contribution < -0.4 is 0 Å². The van der Waals surface area contributed by atoms with Gasteiger partial charge < -0.3 is 0 Å². The first kappa shape index (κ1) is 8.39. The van der Waals surface area contributed by atoms with Crippen molar-refractivity contribution in [3.63, 3.8) is 0 Å². The van der Waals surface area contributed by atoms with E-state index in [1.54, 1.807) is 0 Å². The third-order valence-corrected chi connectivity index (χ3v) is 2.36. The summed E-state index contributed by atoms with van der Waals surface area (Å²) in [5.74, 6) is 0. The number of aromatic nitrogens is 4. The summed E-state index contributed by atoms with van der Waals surface area (Å²) in [7, 11) is 1.18. The van der Waals surface area contributed by atoms with Crippen LogP contribution in [-0.2, 0) is 9.05 Å². The second-order valence-electron chi connectivity index (χ2n) is 2.21. The zero-order valence-electron chi connectivity index (χ0n) is 6.12. The Morgan fingerprint density at radius 2 is 2.23 bits per heavy atom. The minimum absolute atomic E-state index is 0.335. The summed E-state index contributed by atoms with van der Waals surface area (Å²) in [5, 5.41) is 3.21. The minimum Gasteiger partial charge on any atom is -0.259 e. The van der Waals surface area contributed by atoms with E-state index in [0.29, 0.717) is 5.65 Å². The van der Waals surface area contributed by atoms with E-state index in [1.165, 1.54) is 23.1 Å². The van der Waals surface area contributed by atoms with E-state index in [4.69, 9.17) is 10.7 Å². The molecule has 8 heteroatoms. The molecule has 2 aromatic rings. The highest BCUT2D eigenvalue weighted by molar-refractivity contribution is 8.13. The van der Waals surface area contributed by atoms with E-state index in [1.807, 2.05) is 0 Å². The molecule has 13 heavy (non-hydrogen) atoms. The molecule has 68 valence electrons. The average Bonchev–Trinajstić information content (AvgIpc) is 2.45.